The Hall–Kier alpha value is -2.27. The van der Waals surface area contributed by atoms with Crippen LogP contribution in [0.4, 0.5) is 5.69 Å². The summed E-state index contributed by atoms with van der Waals surface area (Å²) in [5.74, 6) is 1.15. The molecule has 102 valence electrons. The molecule has 0 aliphatic heterocycles. The Kier molecular flexibility index (Phi) is 3.20. The van der Waals surface area contributed by atoms with Crippen LogP contribution in [0.2, 0.25) is 5.02 Å². The maximum Gasteiger partial charge on any atom is 0.215 e. The summed E-state index contributed by atoms with van der Waals surface area (Å²) in [7, 11) is 0. The van der Waals surface area contributed by atoms with Gasteiger partial charge in [0.2, 0.25) is 5.88 Å². The van der Waals surface area contributed by atoms with Crippen molar-refractivity contribution < 1.29 is 4.74 Å². The van der Waals surface area contributed by atoms with Gasteiger partial charge in [0, 0.05) is 11.8 Å². The monoisotopic (exact) mass is 288 g/mol. The molecule has 3 rings (SSSR count). The maximum absolute atomic E-state index is 6.19. The number of imidazole rings is 1. The Morgan fingerprint density at radius 2 is 2.10 bits per heavy atom. The number of halogens is 1. The minimum atomic E-state index is 0.546. The van der Waals surface area contributed by atoms with Gasteiger partial charge in [0.25, 0.3) is 0 Å². The molecule has 5 nitrogen and oxygen atoms in total. The van der Waals surface area contributed by atoms with Gasteiger partial charge in [-0.2, -0.15) is 4.98 Å². The molecule has 1 aromatic carbocycles. The summed E-state index contributed by atoms with van der Waals surface area (Å²) in [4.78, 5) is 11.9. The zero-order valence-electron chi connectivity index (χ0n) is 10.9. The molecule has 3 N–H and O–H groups in total. The summed E-state index contributed by atoms with van der Waals surface area (Å²) < 4.78 is 5.36. The second-order valence-electron chi connectivity index (χ2n) is 4.24. The Morgan fingerprint density at radius 1 is 1.25 bits per heavy atom. The molecule has 0 unspecified atom stereocenters. The van der Waals surface area contributed by atoms with Crippen molar-refractivity contribution in [1.29, 1.82) is 0 Å². The van der Waals surface area contributed by atoms with Crippen molar-refractivity contribution in [2.45, 2.75) is 6.92 Å². The van der Waals surface area contributed by atoms with E-state index in [-0.39, 0.29) is 0 Å². The van der Waals surface area contributed by atoms with E-state index in [1.807, 2.05) is 13.0 Å². The first-order valence-electron chi connectivity index (χ1n) is 6.23. The molecule has 2 heterocycles. The van der Waals surface area contributed by atoms with E-state index < -0.39 is 0 Å². The lowest BCUT2D eigenvalue weighted by Gasteiger charge is -2.03. The highest BCUT2D eigenvalue weighted by molar-refractivity contribution is 6.33. The number of nitrogens with two attached hydrogens (primary N) is 1. The fourth-order valence-corrected chi connectivity index (χ4v) is 2.28. The first-order valence-corrected chi connectivity index (χ1v) is 6.60. The molecule has 2 aromatic heterocycles. The molecule has 0 aliphatic rings. The predicted molar refractivity (Wildman–Crippen MR) is 79.9 cm³/mol. The molecule has 0 radical (unpaired) electrons. The van der Waals surface area contributed by atoms with Crippen LogP contribution in [0, 0.1) is 0 Å². The number of aromatic amines is 1. The average molecular weight is 289 g/mol. The lowest BCUT2D eigenvalue weighted by atomic mass is 10.2. The maximum atomic E-state index is 6.19. The van der Waals surface area contributed by atoms with E-state index in [0.717, 1.165) is 5.52 Å². The van der Waals surface area contributed by atoms with E-state index in [9.17, 15) is 0 Å². The summed E-state index contributed by atoms with van der Waals surface area (Å²) in [6, 6.07) is 9.03. The normalized spacial score (nSPS) is 10.9. The summed E-state index contributed by atoms with van der Waals surface area (Å²) in [5, 5.41) is 0.550. The first kappa shape index (κ1) is 12.7. The molecule has 0 fully saturated rings. The topological polar surface area (TPSA) is 76.8 Å². The van der Waals surface area contributed by atoms with Gasteiger partial charge in [-0.15, -0.1) is 0 Å². The lowest BCUT2D eigenvalue weighted by Crippen LogP contribution is -1.93. The molecular weight excluding hydrogens is 276 g/mol. The third-order valence-corrected chi connectivity index (χ3v) is 3.21. The molecule has 6 heteroatoms. The smallest absolute Gasteiger partial charge is 0.215 e. The number of ether oxygens (including phenoxy) is 1. The highest BCUT2D eigenvalue weighted by atomic mass is 35.5. The number of nitrogens with zero attached hydrogens (tertiary/aromatic N) is 2. The van der Waals surface area contributed by atoms with Gasteiger partial charge in [-0.1, -0.05) is 17.7 Å². The Labute approximate surface area is 120 Å². The number of pyridine rings is 1. The third-order valence-electron chi connectivity index (χ3n) is 2.90. The van der Waals surface area contributed by atoms with Crippen LogP contribution in [0.1, 0.15) is 6.92 Å². The number of H-pyrrole nitrogens is 1. The van der Waals surface area contributed by atoms with Crippen LogP contribution in [0.3, 0.4) is 0 Å². The minimum absolute atomic E-state index is 0.546. The average Bonchev–Trinajstić information content (AvgIpc) is 2.81. The number of nitrogens with one attached hydrogen (secondary N) is 1. The third kappa shape index (κ3) is 2.16. The Balaban J connectivity index is 2.13. The highest BCUT2D eigenvalue weighted by Crippen LogP contribution is 2.32. The van der Waals surface area contributed by atoms with Gasteiger partial charge in [-0.25, -0.2) is 4.98 Å². The summed E-state index contributed by atoms with van der Waals surface area (Å²) >= 11 is 6.19. The number of nitrogen functional groups attached to an aromatic ring is 1. The van der Waals surface area contributed by atoms with Crippen molar-refractivity contribution in [2.75, 3.05) is 12.3 Å². The van der Waals surface area contributed by atoms with Gasteiger partial charge < -0.3 is 15.5 Å². The van der Waals surface area contributed by atoms with E-state index >= 15 is 0 Å². The predicted octanol–water partition coefficient (Wildman–Crippen LogP) is 3.26. The summed E-state index contributed by atoms with van der Waals surface area (Å²) in [6.45, 7) is 2.47. The fourth-order valence-electron chi connectivity index (χ4n) is 2.01. The number of anilines is 1. The van der Waals surface area contributed by atoms with E-state index in [1.165, 1.54) is 0 Å². The molecule has 3 aromatic rings. The summed E-state index contributed by atoms with van der Waals surface area (Å²) in [5.41, 5.74) is 8.60. The Bertz CT molecular complexity index is 749. The minimum Gasteiger partial charge on any atom is -0.478 e. The van der Waals surface area contributed by atoms with Gasteiger partial charge in [0.05, 0.1) is 22.7 Å². The number of fused-ring (bicyclic) bond motifs is 1. The van der Waals surface area contributed by atoms with E-state index in [0.29, 0.717) is 40.2 Å². The number of rotatable bonds is 3. The van der Waals surface area contributed by atoms with Crippen LogP contribution in [0.25, 0.3) is 22.6 Å². The lowest BCUT2D eigenvalue weighted by molar-refractivity contribution is 0.328. The summed E-state index contributed by atoms with van der Waals surface area (Å²) in [6.07, 6.45) is 0. The molecule has 0 aliphatic carbocycles. The van der Waals surface area contributed by atoms with E-state index in [2.05, 4.69) is 15.0 Å². The molecule has 0 amide bonds. The van der Waals surface area contributed by atoms with Crippen molar-refractivity contribution in [3.63, 3.8) is 0 Å². The van der Waals surface area contributed by atoms with Crippen LogP contribution >= 0.6 is 11.6 Å². The molecule has 0 saturated heterocycles. The fraction of sp³-hybridized carbons (Fsp3) is 0.143. The molecule has 0 atom stereocenters. The quantitative estimate of drug-likeness (QED) is 0.725. The molecule has 0 bridgehead atoms. The number of hydrogen-bond acceptors (Lipinski definition) is 4. The zero-order valence-corrected chi connectivity index (χ0v) is 11.6. The number of aromatic nitrogens is 3. The van der Waals surface area contributed by atoms with Crippen molar-refractivity contribution >= 4 is 28.5 Å². The Morgan fingerprint density at radius 3 is 2.85 bits per heavy atom. The number of hydrogen-bond donors (Lipinski definition) is 2. The second-order valence-corrected chi connectivity index (χ2v) is 4.65. The van der Waals surface area contributed by atoms with E-state index in [1.54, 1.807) is 24.3 Å². The molecular formula is C14H13ClN4O. The highest BCUT2D eigenvalue weighted by Gasteiger charge is 2.13. The van der Waals surface area contributed by atoms with Gasteiger partial charge in [-0.05, 0) is 25.1 Å². The van der Waals surface area contributed by atoms with Crippen molar-refractivity contribution in [2.24, 2.45) is 0 Å². The standard InChI is InChI=1S/C14H13ClN4O/c1-2-20-11-7-6-10-13(18-11)19-14(17-10)12-8(15)4-3-5-9(12)16/h3-7H,2,16H2,1H3,(H,17,18,19). The number of benzene rings is 1. The van der Waals surface area contributed by atoms with Crippen LogP contribution in [-0.4, -0.2) is 21.6 Å². The van der Waals surface area contributed by atoms with Crippen LogP contribution in [-0.2, 0) is 0 Å². The van der Waals surface area contributed by atoms with Crippen LogP contribution < -0.4 is 10.5 Å². The van der Waals surface area contributed by atoms with Crippen molar-refractivity contribution in [3.8, 4) is 17.3 Å². The van der Waals surface area contributed by atoms with Gasteiger partial charge in [0.15, 0.2) is 5.65 Å². The van der Waals surface area contributed by atoms with Crippen LogP contribution in [0.15, 0.2) is 30.3 Å². The molecule has 20 heavy (non-hydrogen) atoms. The van der Waals surface area contributed by atoms with Gasteiger partial charge >= 0.3 is 0 Å². The van der Waals surface area contributed by atoms with Gasteiger partial charge in [-0.3, -0.25) is 0 Å². The second kappa shape index (κ2) is 5.02. The van der Waals surface area contributed by atoms with Crippen molar-refractivity contribution in [3.05, 3.63) is 35.4 Å². The van der Waals surface area contributed by atoms with Crippen LogP contribution in [0.5, 0.6) is 5.88 Å². The molecule has 0 saturated carbocycles. The molecule has 0 spiro atoms. The van der Waals surface area contributed by atoms with E-state index in [4.69, 9.17) is 22.1 Å². The zero-order chi connectivity index (χ0) is 14.1. The first-order chi connectivity index (χ1) is 9.69. The SMILES string of the molecule is CCOc1ccc2[nH]c(-c3c(N)cccc3Cl)nc2n1. The largest absolute Gasteiger partial charge is 0.478 e. The van der Waals surface area contributed by atoms with Crippen molar-refractivity contribution in [1.82, 2.24) is 15.0 Å². The van der Waals surface area contributed by atoms with Gasteiger partial charge in [0.1, 0.15) is 5.82 Å².